The summed E-state index contributed by atoms with van der Waals surface area (Å²) < 4.78 is 1.88. The summed E-state index contributed by atoms with van der Waals surface area (Å²) in [7, 11) is 0. The maximum atomic E-state index is 6.19. The molecule has 2 aromatic carbocycles. The fourth-order valence-corrected chi connectivity index (χ4v) is 3.89. The number of nitrogens with zero attached hydrogens (tertiary/aromatic N) is 3. The lowest BCUT2D eigenvalue weighted by Gasteiger charge is -2.04. The van der Waals surface area contributed by atoms with Crippen LogP contribution in [0.5, 0.6) is 0 Å². The molecule has 0 atom stereocenters. The van der Waals surface area contributed by atoms with E-state index in [1.807, 2.05) is 53.3 Å². The average Bonchev–Trinajstić information content (AvgIpc) is 3.37. The van der Waals surface area contributed by atoms with Crippen molar-refractivity contribution in [3.05, 3.63) is 99.4 Å². The first-order valence-corrected chi connectivity index (χ1v) is 10.2. The van der Waals surface area contributed by atoms with Gasteiger partial charge in [-0.05, 0) is 36.2 Å². The molecule has 0 saturated carbocycles. The molecular formula is C22H19ClN4S. The van der Waals surface area contributed by atoms with E-state index in [0.717, 1.165) is 28.2 Å². The van der Waals surface area contributed by atoms with Gasteiger partial charge in [-0.15, -0.1) is 11.3 Å². The lowest BCUT2D eigenvalue weighted by molar-refractivity contribution is 0.816. The summed E-state index contributed by atoms with van der Waals surface area (Å²) >= 11 is 7.77. The third kappa shape index (κ3) is 4.50. The molecule has 4 nitrogen and oxygen atoms in total. The van der Waals surface area contributed by atoms with Gasteiger partial charge in [-0.3, -0.25) is 4.99 Å². The van der Waals surface area contributed by atoms with Gasteiger partial charge in [-0.25, -0.2) is 4.68 Å². The highest BCUT2D eigenvalue weighted by Gasteiger charge is 2.08. The summed E-state index contributed by atoms with van der Waals surface area (Å²) in [4.78, 5) is 8.79. The van der Waals surface area contributed by atoms with E-state index in [2.05, 4.69) is 39.7 Å². The number of aromatic amines is 1. The normalized spacial score (nSPS) is 12.1. The summed E-state index contributed by atoms with van der Waals surface area (Å²) in [6, 6.07) is 22.1. The number of nitrogens with one attached hydrogen (secondary N) is 1. The maximum absolute atomic E-state index is 6.19. The number of thiazole rings is 1. The number of H-pyrrole nitrogens is 1. The molecule has 2 aromatic heterocycles. The van der Waals surface area contributed by atoms with Crippen molar-refractivity contribution in [2.24, 2.45) is 10.1 Å². The first-order valence-electron chi connectivity index (χ1n) is 8.98. The minimum atomic E-state index is 0.700. The van der Waals surface area contributed by atoms with Crippen molar-refractivity contribution >= 4 is 29.2 Å². The van der Waals surface area contributed by atoms with E-state index in [0.29, 0.717) is 11.6 Å². The van der Waals surface area contributed by atoms with E-state index in [1.54, 1.807) is 17.6 Å². The van der Waals surface area contributed by atoms with Crippen LogP contribution in [-0.2, 0) is 6.42 Å². The number of hydrogen-bond donors (Lipinski definition) is 1. The van der Waals surface area contributed by atoms with Crippen molar-refractivity contribution in [2.45, 2.75) is 6.42 Å². The van der Waals surface area contributed by atoms with Gasteiger partial charge < -0.3 is 4.98 Å². The van der Waals surface area contributed by atoms with Crippen LogP contribution in [0.2, 0.25) is 5.02 Å². The Morgan fingerprint density at radius 2 is 1.93 bits per heavy atom. The van der Waals surface area contributed by atoms with Crippen LogP contribution in [0.3, 0.4) is 0 Å². The van der Waals surface area contributed by atoms with E-state index in [9.17, 15) is 0 Å². The quantitative estimate of drug-likeness (QED) is 0.426. The Morgan fingerprint density at radius 1 is 1.04 bits per heavy atom. The molecule has 0 radical (unpaired) electrons. The first kappa shape index (κ1) is 18.5. The number of rotatable bonds is 6. The topological polar surface area (TPSA) is 45.4 Å². The van der Waals surface area contributed by atoms with Crippen molar-refractivity contribution in [3.8, 4) is 11.3 Å². The molecule has 0 amide bonds. The smallest absolute Gasteiger partial charge is 0.206 e. The van der Waals surface area contributed by atoms with Crippen LogP contribution < -0.4 is 4.80 Å². The second-order valence-electron chi connectivity index (χ2n) is 6.21. The second-order valence-corrected chi connectivity index (χ2v) is 7.49. The van der Waals surface area contributed by atoms with Gasteiger partial charge in [0.25, 0.3) is 0 Å². The third-order valence-electron chi connectivity index (χ3n) is 4.23. The lowest BCUT2D eigenvalue weighted by Crippen LogP contribution is -2.13. The molecule has 0 bridgehead atoms. The number of benzene rings is 2. The standard InChI is InChI=1S/C22H19ClN4S/c23-19-9-4-8-18(14-19)21-16-28-22(25-13-11-17-6-2-1-3-7-17)27(21)26-15-20-10-5-12-24-20/h1-10,12,14-16,24H,11,13H2. The highest BCUT2D eigenvalue weighted by molar-refractivity contribution is 7.07. The zero-order chi connectivity index (χ0) is 19.2. The SMILES string of the molecule is Clc1cccc(-c2csc(=NCCc3ccccc3)n2N=Cc2ccc[nH]2)c1. The number of halogens is 1. The molecule has 140 valence electrons. The van der Waals surface area contributed by atoms with Crippen LogP contribution in [-0.4, -0.2) is 22.4 Å². The summed E-state index contributed by atoms with van der Waals surface area (Å²) in [6.07, 6.45) is 4.57. The minimum Gasteiger partial charge on any atom is -0.360 e. The van der Waals surface area contributed by atoms with Gasteiger partial charge in [-0.1, -0.05) is 54.1 Å². The van der Waals surface area contributed by atoms with Gasteiger partial charge in [0.05, 0.1) is 17.6 Å². The van der Waals surface area contributed by atoms with Crippen molar-refractivity contribution in [3.63, 3.8) is 0 Å². The van der Waals surface area contributed by atoms with Crippen molar-refractivity contribution in [1.82, 2.24) is 9.66 Å². The molecule has 4 rings (SSSR count). The first-order chi connectivity index (χ1) is 13.8. The highest BCUT2D eigenvalue weighted by Crippen LogP contribution is 2.23. The largest absolute Gasteiger partial charge is 0.360 e. The monoisotopic (exact) mass is 406 g/mol. The molecule has 28 heavy (non-hydrogen) atoms. The van der Waals surface area contributed by atoms with E-state index >= 15 is 0 Å². The summed E-state index contributed by atoms with van der Waals surface area (Å²) in [5, 5.41) is 7.44. The summed E-state index contributed by atoms with van der Waals surface area (Å²) in [6.45, 7) is 0.706. The Hall–Kier alpha value is -2.89. The minimum absolute atomic E-state index is 0.700. The molecule has 0 aliphatic carbocycles. The van der Waals surface area contributed by atoms with Crippen LogP contribution in [0.15, 0.2) is 88.4 Å². The molecule has 0 unspecified atom stereocenters. The van der Waals surface area contributed by atoms with Crippen molar-refractivity contribution in [1.29, 1.82) is 0 Å². The number of hydrogen-bond acceptors (Lipinski definition) is 3. The molecule has 1 N–H and O–H groups in total. The van der Waals surface area contributed by atoms with Crippen LogP contribution in [0.25, 0.3) is 11.3 Å². The molecule has 4 aromatic rings. The Labute approximate surface area is 172 Å². The predicted molar refractivity (Wildman–Crippen MR) is 117 cm³/mol. The van der Waals surface area contributed by atoms with Gasteiger partial charge in [0.15, 0.2) is 0 Å². The third-order valence-corrected chi connectivity index (χ3v) is 5.32. The zero-order valence-corrected chi connectivity index (χ0v) is 16.7. The molecule has 0 saturated heterocycles. The Morgan fingerprint density at radius 3 is 2.71 bits per heavy atom. The Balaban J connectivity index is 1.68. The molecule has 0 fully saturated rings. The van der Waals surface area contributed by atoms with Gasteiger partial charge in [0, 0.05) is 28.7 Å². The summed E-state index contributed by atoms with van der Waals surface area (Å²) in [5.74, 6) is 0. The second kappa shape index (κ2) is 8.87. The Bertz CT molecular complexity index is 1120. The van der Waals surface area contributed by atoms with E-state index in [-0.39, 0.29) is 0 Å². The summed E-state index contributed by atoms with van der Waals surface area (Å²) in [5.41, 5.74) is 4.19. The fraction of sp³-hybridized carbons (Fsp3) is 0.0909. The fourth-order valence-electron chi connectivity index (χ4n) is 2.84. The molecule has 2 heterocycles. The van der Waals surface area contributed by atoms with E-state index in [1.165, 1.54) is 5.56 Å². The van der Waals surface area contributed by atoms with Crippen LogP contribution in [0.1, 0.15) is 11.3 Å². The van der Waals surface area contributed by atoms with Crippen LogP contribution in [0, 0.1) is 0 Å². The van der Waals surface area contributed by atoms with Gasteiger partial charge in [0.2, 0.25) is 4.80 Å². The Kier molecular flexibility index (Phi) is 5.85. The molecule has 0 spiro atoms. The molecule has 6 heteroatoms. The molecule has 0 aliphatic heterocycles. The van der Waals surface area contributed by atoms with Crippen molar-refractivity contribution < 1.29 is 0 Å². The van der Waals surface area contributed by atoms with Gasteiger partial charge in [0.1, 0.15) is 0 Å². The molecule has 0 aliphatic rings. The highest BCUT2D eigenvalue weighted by atomic mass is 35.5. The lowest BCUT2D eigenvalue weighted by atomic mass is 10.2. The van der Waals surface area contributed by atoms with E-state index < -0.39 is 0 Å². The predicted octanol–water partition coefficient (Wildman–Crippen LogP) is 5.22. The van der Waals surface area contributed by atoms with Crippen LogP contribution >= 0.6 is 22.9 Å². The maximum Gasteiger partial charge on any atom is 0.206 e. The number of aromatic nitrogens is 2. The molecular weight excluding hydrogens is 388 g/mol. The van der Waals surface area contributed by atoms with E-state index in [4.69, 9.17) is 16.6 Å². The van der Waals surface area contributed by atoms with Crippen molar-refractivity contribution in [2.75, 3.05) is 6.54 Å². The van der Waals surface area contributed by atoms with Gasteiger partial charge in [-0.2, -0.15) is 5.10 Å². The van der Waals surface area contributed by atoms with Gasteiger partial charge >= 0.3 is 0 Å². The average molecular weight is 407 g/mol. The zero-order valence-electron chi connectivity index (χ0n) is 15.1. The van der Waals surface area contributed by atoms with Crippen LogP contribution in [0.4, 0.5) is 0 Å².